The number of hydrogen-bond donors (Lipinski definition) is 0. The molecule has 1 amide bonds. The molecule has 4 fully saturated rings. The van der Waals surface area contributed by atoms with Crippen molar-refractivity contribution in [1.82, 2.24) is 4.90 Å². The molecule has 2 atom stereocenters. The van der Waals surface area contributed by atoms with Crippen molar-refractivity contribution in [3.63, 3.8) is 0 Å². The molecule has 2 saturated carbocycles. The van der Waals surface area contributed by atoms with Gasteiger partial charge in [-0.1, -0.05) is 38.5 Å². The average Bonchev–Trinajstić information content (AvgIpc) is 2.65. The van der Waals surface area contributed by atoms with Gasteiger partial charge < -0.3 is 4.90 Å². The number of amides is 1. The van der Waals surface area contributed by atoms with E-state index < -0.39 is 0 Å². The largest absolute Gasteiger partial charge is 0.324 e. The molecule has 2 nitrogen and oxygen atoms in total. The van der Waals surface area contributed by atoms with Gasteiger partial charge in [0.1, 0.15) is 0 Å². The fourth-order valence-electron chi connectivity index (χ4n) is 5.53. The fraction of sp³-hybridized carbons (Fsp3) is 0.944. The Hall–Kier alpha value is 0.110. The third kappa shape index (κ3) is 2.42. The molecule has 0 aromatic heterocycles. The standard InChI is InChI=1S/C18H28ClNOS/c19-14-7-8-16(21)20-15(13-14)17(9-3-1-4-10-17)22-18(20)11-5-2-6-12-18/h14-15H,1-13H2/t14-,15+/m1/s1. The summed E-state index contributed by atoms with van der Waals surface area (Å²) in [5.41, 5.74) is 0. The Morgan fingerprint density at radius 1 is 1.00 bits per heavy atom. The molecule has 0 bridgehead atoms. The first-order valence-electron chi connectivity index (χ1n) is 9.32. The third-order valence-corrected chi connectivity index (χ3v) is 8.97. The summed E-state index contributed by atoms with van der Waals surface area (Å²) in [5, 5.41) is 0.192. The highest BCUT2D eigenvalue weighted by atomic mass is 35.5. The summed E-state index contributed by atoms with van der Waals surface area (Å²) >= 11 is 8.82. The molecule has 124 valence electrons. The predicted octanol–water partition coefficient (Wildman–Crippen LogP) is 5.09. The van der Waals surface area contributed by atoms with E-state index in [1.807, 2.05) is 0 Å². The number of carbonyl (C=O) groups excluding carboxylic acids is 1. The zero-order valence-corrected chi connectivity index (χ0v) is 15.1. The Bertz CT molecular complexity index is 442. The molecule has 0 N–H and O–H groups in total. The van der Waals surface area contributed by atoms with Crippen LogP contribution in [0.15, 0.2) is 0 Å². The van der Waals surface area contributed by atoms with Crippen LogP contribution >= 0.6 is 23.4 Å². The molecule has 4 heteroatoms. The molecule has 4 rings (SSSR count). The van der Waals surface area contributed by atoms with Gasteiger partial charge in [-0.05, 0) is 38.5 Å². The van der Waals surface area contributed by atoms with Gasteiger partial charge in [0.05, 0.1) is 4.87 Å². The zero-order valence-electron chi connectivity index (χ0n) is 13.5. The lowest BCUT2D eigenvalue weighted by Crippen LogP contribution is -2.52. The minimum absolute atomic E-state index is 0.123. The fourth-order valence-corrected chi connectivity index (χ4v) is 8.21. The molecule has 2 aliphatic carbocycles. The number of nitrogens with zero attached hydrogens (tertiary/aromatic N) is 1. The minimum Gasteiger partial charge on any atom is -0.324 e. The van der Waals surface area contributed by atoms with Crippen LogP contribution in [-0.2, 0) is 4.79 Å². The van der Waals surface area contributed by atoms with Gasteiger partial charge in [0.15, 0.2) is 0 Å². The van der Waals surface area contributed by atoms with E-state index in [4.69, 9.17) is 11.6 Å². The predicted molar refractivity (Wildman–Crippen MR) is 93.3 cm³/mol. The summed E-state index contributed by atoms with van der Waals surface area (Å²) in [5.74, 6) is 0.407. The Morgan fingerprint density at radius 3 is 2.32 bits per heavy atom. The molecule has 4 aliphatic rings. The van der Waals surface area contributed by atoms with Gasteiger partial charge in [0.2, 0.25) is 5.91 Å². The van der Waals surface area contributed by atoms with Gasteiger partial charge >= 0.3 is 0 Å². The van der Waals surface area contributed by atoms with Gasteiger partial charge in [0.25, 0.3) is 0 Å². The number of alkyl halides is 1. The topological polar surface area (TPSA) is 20.3 Å². The maximum absolute atomic E-state index is 13.0. The third-order valence-electron chi connectivity index (χ3n) is 6.51. The highest BCUT2D eigenvalue weighted by molar-refractivity contribution is 8.02. The lowest BCUT2D eigenvalue weighted by atomic mass is 9.80. The highest BCUT2D eigenvalue weighted by Gasteiger charge is 2.61. The van der Waals surface area contributed by atoms with Crippen molar-refractivity contribution in [2.24, 2.45) is 0 Å². The van der Waals surface area contributed by atoms with E-state index in [-0.39, 0.29) is 10.2 Å². The Morgan fingerprint density at radius 2 is 1.64 bits per heavy atom. The number of rotatable bonds is 0. The van der Waals surface area contributed by atoms with Crippen molar-refractivity contribution < 1.29 is 4.79 Å². The van der Waals surface area contributed by atoms with Gasteiger partial charge in [-0.15, -0.1) is 23.4 Å². The van der Waals surface area contributed by atoms with Crippen LogP contribution in [0.1, 0.15) is 83.5 Å². The molecule has 2 spiro atoms. The summed E-state index contributed by atoms with van der Waals surface area (Å²) in [7, 11) is 0. The van der Waals surface area contributed by atoms with Gasteiger partial charge in [-0.3, -0.25) is 4.79 Å². The molecule has 0 aromatic carbocycles. The second kappa shape index (κ2) is 5.88. The number of halogens is 1. The van der Waals surface area contributed by atoms with Crippen molar-refractivity contribution in [3.8, 4) is 0 Å². The maximum atomic E-state index is 13.0. The lowest BCUT2D eigenvalue weighted by Gasteiger charge is -2.42. The average molecular weight is 342 g/mol. The summed E-state index contributed by atoms with van der Waals surface area (Å²) < 4.78 is 0.322. The number of fused-ring (bicyclic) bond motifs is 3. The van der Waals surface area contributed by atoms with Gasteiger partial charge in [0, 0.05) is 22.6 Å². The number of carbonyl (C=O) groups is 1. The second-order valence-electron chi connectivity index (χ2n) is 7.89. The zero-order chi connectivity index (χ0) is 15.2. The number of hydrogen-bond acceptors (Lipinski definition) is 2. The summed E-state index contributed by atoms with van der Waals surface area (Å²) in [4.78, 5) is 15.5. The summed E-state index contributed by atoms with van der Waals surface area (Å²) in [6.07, 6.45) is 15.6. The van der Waals surface area contributed by atoms with Gasteiger partial charge in [-0.2, -0.15) is 0 Å². The minimum atomic E-state index is 0.123. The summed E-state index contributed by atoms with van der Waals surface area (Å²) in [6.45, 7) is 0. The van der Waals surface area contributed by atoms with Gasteiger partial charge in [-0.25, -0.2) is 0 Å². The van der Waals surface area contributed by atoms with Crippen molar-refractivity contribution in [1.29, 1.82) is 0 Å². The molecule has 2 heterocycles. The molecule has 0 radical (unpaired) electrons. The maximum Gasteiger partial charge on any atom is 0.224 e. The van der Waals surface area contributed by atoms with E-state index in [1.165, 1.54) is 64.2 Å². The van der Waals surface area contributed by atoms with Crippen molar-refractivity contribution >= 4 is 29.3 Å². The van der Waals surface area contributed by atoms with E-state index in [2.05, 4.69) is 16.7 Å². The summed E-state index contributed by atoms with van der Waals surface area (Å²) in [6, 6.07) is 0.411. The SMILES string of the molecule is O=C1CC[C@@H](Cl)C[C@@H]2N1C1(CCCCC1)SC21CCCCC1. The van der Waals surface area contributed by atoms with E-state index >= 15 is 0 Å². The lowest BCUT2D eigenvalue weighted by molar-refractivity contribution is -0.137. The van der Waals surface area contributed by atoms with Crippen LogP contribution in [0.4, 0.5) is 0 Å². The van der Waals surface area contributed by atoms with Crippen molar-refractivity contribution in [2.45, 2.75) is 105 Å². The van der Waals surface area contributed by atoms with Crippen LogP contribution in [0, 0.1) is 0 Å². The van der Waals surface area contributed by atoms with Crippen LogP contribution in [-0.4, -0.2) is 31.8 Å². The molecular weight excluding hydrogens is 314 g/mol. The van der Waals surface area contributed by atoms with Crippen LogP contribution in [0.5, 0.6) is 0 Å². The number of thioether (sulfide) groups is 1. The van der Waals surface area contributed by atoms with Crippen LogP contribution < -0.4 is 0 Å². The molecule has 22 heavy (non-hydrogen) atoms. The highest BCUT2D eigenvalue weighted by Crippen LogP contribution is 2.63. The van der Waals surface area contributed by atoms with Crippen LogP contribution in [0.2, 0.25) is 0 Å². The molecular formula is C18H28ClNOS. The normalized spacial score (nSPS) is 37.3. The van der Waals surface area contributed by atoms with Crippen molar-refractivity contribution in [2.75, 3.05) is 0 Å². The molecule has 2 saturated heterocycles. The monoisotopic (exact) mass is 341 g/mol. The second-order valence-corrected chi connectivity index (χ2v) is 10.3. The van der Waals surface area contributed by atoms with E-state index in [0.29, 0.717) is 23.1 Å². The van der Waals surface area contributed by atoms with E-state index in [0.717, 1.165) is 12.8 Å². The van der Waals surface area contributed by atoms with Crippen molar-refractivity contribution in [3.05, 3.63) is 0 Å². The first kappa shape index (κ1) is 15.6. The molecule has 0 unspecified atom stereocenters. The Balaban J connectivity index is 1.74. The molecule has 2 aliphatic heterocycles. The van der Waals surface area contributed by atoms with E-state index in [1.54, 1.807) is 0 Å². The molecule has 0 aromatic rings. The van der Waals surface area contributed by atoms with Crippen LogP contribution in [0.3, 0.4) is 0 Å². The van der Waals surface area contributed by atoms with E-state index in [9.17, 15) is 4.79 Å². The van der Waals surface area contributed by atoms with Crippen LogP contribution in [0.25, 0.3) is 0 Å². The first-order chi connectivity index (χ1) is 10.7. The smallest absolute Gasteiger partial charge is 0.224 e. The Kier molecular flexibility index (Phi) is 4.18. The quantitative estimate of drug-likeness (QED) is 0.572. The Labute approximate surface area is 143 Å². The first-order valence-corrected chi connectivity index (χ1v) is 10.6.